The van der Waals surface area contributed by atoms with Crippen LogP contribution in [0.2, 0.25) is 0 Å². The van der Waals surface area contributed by atoms with E-state index in [0.717, 1.165) is 18.7 Å². The first-order valence-electron chi connectivity index (χ1n) is 5.93. The molecule has 86 valence electrons. The summed E-state index contributed by atoms with van der Waals surface area (Å²) in [6.07, 6.45) is 3.07. The number of rotatable bonds is 4. The molecule has 1 atom stereocenters. The molecule has 0 aliphatic carbocycles. The maximum absolute atomic E-state index is 4.29. The lowest BCUT2D eigenvalue weighted by Crippen LogP contribution is -2.20. The van der Waals surface area contributed by atoms with Gasteiger partial charge in [-0.3, -0.25) is 4.98 Å². The normalized spacial score (nSPS) is 11.5. The van der Waals surface area contributed by atoms with E-state index in [1.165, 1.54) is 5.56 Å². The Balaban J connectivity index is 0.000000921. The van der Waals surface area contributed by atoms with E-state index in [1.54, 1.807) is 0 Å². The van der Waals surface area contributed by atoms with Gasteiger partial charge in [-0.05, 0) is 31.5 Å². The maximum Gasteiger partial charge on any atom is 0.0372 e. The van der Waals surface area contributed by atoms with E-state index >= 15 is 0 Å². The first kappa shape index (κ1) is 14.1. The summed E-state index contributed by atoms with van der Waals surface area (Å²) >= 11 is 0. The summed E-state index contributed by atoms with van der Waals surface area (Å²) in [6.45, 7) is 11.3. The van der Waals surface area contributed by atoms with Crippen LogP contribution >= 0.6 is 0 Å². The molecule has 1 rings (SSSR count). The zero-order chi connectivity index (χ0) is 11.7. The summed E-state index contributed by atoms with van der Waals surface area (Å²) in [5.74, 6) is 0. The third kappa shape index (κ3) is 4.93. The lowest BCUT2D eigenvalue weighted by Gasteiger charge is -2.15. The Morgan fingerprint density at radius 2 is 1.93 bits per heavy atom. The number of hydrogen-bond acceptors (Lipinski definition) is 2. The van der Waals surface area contributed by atoms with Crippen molar-refractivity contribution in [3.8, 4) is 0 Å². The van der Waals surface area contributed by atoms with Crippen LogP contribution in [0.5, 0.6) is 0 Å². The van der Waals surface area contributed by atoms with Crippen LogP contribution in [0.25, 0.3) is 0 Å². The van der Waals surface area contributed by atoms with Crippen molar-refractivity contribution in [3.63, 3.8) is 0 Å². The van der Waals surface area contributed by atoms with Crippen LogP contribution < -0.4 is 5.32 Å². The van der Waals surface area contributed by atoms with Gasteiger partial charge in [-0.1, -0.05) is 33.8 Å². The van der Waals surface area contributed by atoms with Crippen LogP contribution in [-0.4, -0.2) is 11.5 Å². The highest BCUT2D eigenvalue weighted by Crippen LogP contribution is 2.14. The second-order valence-electron chi connectivity index (χ2n) is 3.25. The molecule has 0 radical (unpaired) electrons. The molecule has 1 N–H and O–H groups in total. The lowest BCUT2D eigenvalue weighted by atomic mass is 10.1. The van der Waals surface area contributed by atoms with E-state index in [1.807, 2.05) is 27.0 Å². The summed E-state index contributed by atoms with van der Waals surface area (Å²) in [7, 11) is 0. The van der Waals surface area contributed by atoms with Crippen molar-refractivity contribution in [2.24, 2.45) is 0 Å². The number of nitrogens with one attached hydrogen (secondary N) is 1. The van der Waals surface area contributed by atoms with E-state index in [4.69, 9.17) is 0 Å². The molecule has 2 heteroatoms. The molecule has 2 nitrogen and oxygen atoms in total. The molecule has 0 fully saturated rings. The molecule has 0 aliphatic heterocycles. The number of hydrogen-bond donors (Lipinski definition) is 1. The average Bonchev–Trinajstić information content (AvgIpc) is 2.30. The van der Waals surface area contributed by atoms with Crippen LogP contribution in [0.1, 0.15) is 51.4 Å². The van der Waals surface area contributed by atoms with Crippen LogP contribution in [0.15, 0.2) is 18.3 Å². The minimum absolute atomic E-state index is 0.457. The second-order valence-corrected chi connectivity index (χ2v) is 3.25. The largest absolute Gasteiger partial charge is 0.310 e. The minimum atomic E-state index is 0.457. The average molecular weight is 208 g/mol. The lowest BCUT2D eigenvalue weighted by molar-refractivity contribution is 0.535. The molecule has 1 aromatic heterocycles. The van der Waals surface area contributed by atoms with Gasteiger partial charge in [0, 0.05) is 17.9 Å². The van der Waals surface area contributed by atoms with Gasteiger partial charge in [0.05, 0.1) is 0 Å². The Hall–Kier alpha value is -0.890. The molecule has 15 heavy (non-hydrogen) atoms. The fourth-order valence-corrected chi connectivity index (χ4v) is 1.43. The summed E-state index contributed by atoms with van der Waals surface area (Å²) in [6, 6.07) is 4.67. The highest BCUT2D eigenvalue weighted by Gasteiger charge is 2.06. The number of pyridine rings is 1. The fourth-order valence-electron chi connectivity index (χ4n) is 1.43. The van der Waals surface area contributed by atoms with Gasteiger partial charge >= 0.3 is 0 Å². The van der Waals surface area contributed by atoms with Crippen molar-refractivity contribution >= 4 is 0 Å². The van der Waals surface area contributed by atoms with E-state index in [0.29, 0.717) is 6.04 Å². The summed E-state index contributed by atoms with van der Waals surface area (Å²) in [4.78, 5) is 4.29. The first-order chi connectivity index (χ1) is 7.27. The van der Waals surface area contributed by atoms with Gasteiger partial charge in [-0.15, -0.1) is 0 Å². The van der Waals surface area contributed by atoms with Gasteiger partial charge in [-0.2, -0.15) is 0 Å². The molecule has 0 spiro atoms. The fraction of sp³-hybridized carbons (Fsp3) is 0.615. The van der Waals surface area contributed by atoms with Crippen molar-refractivity contribution in [1.29, 1.82) is 0 Å². The highest BCUT2D eigenvalue weighted by molar-refractivity contribution is 5.16. The predicted octanol–water partition coefficient (Wildman–Crippen LogP) is 3.48. The first-order valence-corrected chi connectivity index (χ1v) is 5.93. The van der Waals surface area contributed by atoms with Crippen molar-refractivity contribution in [1.82, 2.24) is 10.3 Å². The smallest absolute Gasteiger partial charge is 0.0372 e. The Morgan fingerprint density at radius 1 is 1.27 bits per heavy atom. The molecular formula is C13H24N2. The molecule has 0 amide bonds. The third-order valence-corrected chi connectivity index (χ3v) is 2.20. The molecular weight excluding hydrogens is 184 g/mol. The van der Waals surface area contributed by atoms with Crippen molar-refractivity contribution < 1.29 is 0 Å². The zero-order valence-corrected chi connectivity index (χ0v) is 10.7. The van der Waals surface area contributed by atoms with Crippen LogP contribution in [-0.2, 0) is 0 Å². The molecule has 0 saturated carbocycles. The summed E-state index contributed by atoms with van der Waals surface area (Å²) < 4.78 is 0. The standard InChI is InChI=1S/C11H18N2.C2H6/c1-4-11(12-5-2)10-7-6-9(3)13-8-10;1-2/h6-8,11-12H,4-5H2,1-3H3;1-2H3/t11-;/m0./s1. The van der Waals surface area contributed by atoms with Crippen LogP contribution in [0.3, 0.4) is 0 Å². The van der Waals surface area contributed by atoms with Crippen molar-refractivity contribution in [3.05, 3.63) is 29.6 Å². The third-order valence-electron chi connectivity index (χ3n) is 2.20. The topological polar surface area (TPSA) is 24.9 Å². The van der Waals surface area contributed by atoms with Crippen LogP contribution in [0.4, 0.5) is 0 Å². The Bertz CT molecular complexity index is 241. The maximum atomic E-state index is 4.29. The van der Waals surface area contributed by atoms with E-state index in [-0.39, 0.29) is 0 Å². The van der Waals surface area contributed by atoms with Crippen molar-refractivity contribution in [2.45, 2.75) is 47.1 Å². The molecule has 0 bridgehead atoms. The Morgan fingerprint density at radius 3 is 2.33 bits per heavy atom. The molecule has 0 unspecified atom stereocenters. The van der Waals surface area contributed by atoms with Gasteiger partial charge in [0.2, 0.25) is 0 Å². The Labute approximate surface area is 94.1 Å². The quantitative estimate of drug-likeness (QED) is 0.819. The predicted molar refractivity (Wildman–Crippen MR) is 67.0 cm³/mol. The summed E-state index contributed by atoms with van der Waals surface area (Å²) in [5.41, 5.74) is 2.37. The molecule has 0 aliphatic rings. The zero-order valence-electron chi connectivity index (χ0n) is 10.7. The molecule has 0 aromatic carbocycles. The van der Waals surface area contributed by atoms with Gasteiger partial charge in [-0.25, -0.2) is 0 Å². The van der Waals surface area contributed by atoms with E-state index < -0.39 is 0 Å². The Kier molecular flexibility index (Phi) is 7.92. The van der Waals surface area contributed by atoms with Gasteiger partial charge in [0.25, 0.3) is 0 Å². The molecule has 1 heterocycles. The molecule has 1 aromatic rings. The number of aryl methyl sites for hydroxylation is 1. The van der Waals surface area contributed by atoms with Gasteiger partial charge in [0.15, 0.2) is 0 Å². The van der Waals surface area contributed by atoms with Crippen molar-refractivity contribution in [2.75, 3.05) is 6.54 Å². The number of nitrogens with zero attached hydrogens (tertiary/aromatic N) is 1. The number of aromatic nitrogens is 1. The van der Waals surface area contributed by atoms with Gasteiger partial charge in [0.1, 0.15) is 0 Å². The highest BCUT2D eigenvalue weighted by atomic mass is 14.9. The summed E-state index contributed by atoms with van der Waals surface area (Å²) in [5, 5.41) is 3.43. The SMILES string of the molecule is CC.CCN[C@@H](CC)c1ccc(C)nc1. The second kappa shape index (κ2) is 8.42. The van der Waals surface area contributed by atoms with Gasteiger partial charge < -0.3 is 5.32 Å². The van der Waals surface area contributed by atoms with E-state index in [2.05, 4.69) is 36.3 Å². The monoisotopic (exact) mass is 208 g/mol. The van der Waals surface area contributed by atoms with E-state index in [9.17, 15) is 0 Å². The minimum Gasteiger partial charge on any atom is -0.310 e. The molecule has 0 saturated heterocycles. The van der Waals surface area contributed by atoms with Crippen LogP contribution in [0, 0.1) is 6.92 Å².